The van der Waals surface area contributed by atoms with E-state index in [-0.39, 0.29) is 5.28 Å². The Balaban J connectivity index is 1.54. The number of thiophene rings is 1. The molecule has 0 fully saturated rings. The fraction of sp³-hybridized carbons (Fsp3) is 0.200. The molecular formula is C20H18ClN7O2S. The van der Waals surface area contributed by atoms with Crippen molar-refractivity contribution in [1.82, 2.24) is 24.9 Å². The first-order valence-corrected chi connectivity index (χ1v) is 10.6. The van der Waals surface area contributed by atoms with Crippen LogP contribution in [0.25, 0.3) is 10.2 Å². The highest BCUT2D eigenvalue weighted by atomic mass is 35.5. The Morgan fingerprint density at radius 2 is 2.03 bits per heavy atom. The number of hydrogen-bond donors (Lipinski definition) is 1. The zero-order valence-corrected chi connectivity index (χ0v) is 18.3. The Bertz CT molecular complexity index is 1200. The zero-order valence-electron chi connectivity index (χ0n) is 16.7. The van der Waals surface area contributed by atoms with Gasteiger partial charge in [0.15, 0.2) is 5.82 Å². The standard InChI is InChI=1S/C20H18ClN7O2S/c1-3-30-18(29)12-9-23-20(24-10-12)28(2)11-13-8-14-16(31-13)17(27-19(21)25-14)26-15-6-4-5-7-22-15/h4-10H,3,11H2,1-2H3,(H,22,25,26,27). The van der Waals surface area contributed by atoms with Crippen molar-refractivity contribution in [2.45, 2.75) is 13.5 Å². The molecule has 4 heterocycles. The second-order valence-corrected chi connectivity index (χ2v) is 7.93. The van der Waals surface area contributed by atoms with Gasteiger partial charge in [0.25, 0.3) is 0 Å². The zero-order chi connectivity index (χ0) is 21.8. The molecule has 4 rings (SSSR count). The topological polar surface area (TPSA) is 106 Å². The van der Waals surface area contributed by atoms with E-state index in [4.69, 9.17) is 16.3 Å². The summed E-state index contributed by atoms with van der Waals surface area (Å²) in [5.74, 6) is 1.31. The lowest BCUT2D eigenvalue weighted by Crippen LogP contribution is -2.19. The maximum Gasteiger partial charge on any atom is 0.341 e. The molecule has 0 saturated heterocycles. The summed E-state index contributed by atoms with van der Waals surface area (Å²) in [5.41, 5.74) is 1.06. The SMILES string of the molecule is CCOC(=O)c1cnc(N(C)Cc2cc3nc(Cl)nc(Nc4ccccn4)c3s2)nc1. The van der Waals surface area contributed by atoms with Crippen molar-refractivity contribution in [3.8, 4) is 0 Å². The number of nitrogens with one attached hydrogen (secondary N) is 1. The predicted octanol–water partition coefficient (Wildman–Crippen LogP) is 4.09. The number of esters is 1. The van der Waals surface area contributed by atoms with Crippen molar-refractivity contribution in [3.05, 3.63) is 58.6 Å². The first-order chi connectivity index (χ1) is 15.0. The Kier molecular flexibility index (Phi) is 6.19. The highest BCUT2D eigenvalue weighted by Gasteiger charge is 2.15. The highest BCUT2D eigenvalue weighted by molar-refractivity contribution is 7.19. The summed E-state index contributed by atoms with van der Waals surface area (Å²) in [5, 5.41) is 3.35. The second kappa shape index (κ2) is 9.19. The summed E-state index contributed by atoms with van der Waals surface area (Å²) in [6.45, 7) is 2.59. The maximum atomic E-state index is 11.8. The molecule has 0 spiro atoms. The third-order valence-corrected chi connectivity index (χ3v) is 5.48. The number of anilines is 3. The largest absolute Gasteiger partial charge is 0.462 e. The molecule has 0 aliphatic heterocycles. The minimum Gasteiger partial charge on any atom is -0.462 e. The number of carbonyl (C=O) groups excluding carboxylic acids is 1. The molecule has 4 aromatic rings. The Morgan fingerprint density at radius 1 is 1.23 bits per heavy atom. The van der Waals surface area contributed by atoms with Crippen LogP contribution < -0.4 is 10.2 Å². The van der Waals surface area contributed by atoms with Crippen molar-refractivity contribution in [1.29, 1.82) is 0 Å². The molecule has 0 aliphatic rings. The summed E-state index contributed by atoms with van der Waals surface area (Å²) in [6, 6.07) is 7.54. The van der Waals surface area contributed by atoms with E-state index in [0.717, 1.165) is 15.1 Å². The van der Waals surface area contributed by atoms with Crippen LogP contribution in [-0.2, 0) is 11.3 Å². The van der Waals surface area contributed by atoms with Gasteiger partial charge in [-0.15, -0.1) is 11.3 Å². The Hall–Kier alpha value is -3.37. The van der Waals surface area contributed by atoms with Crippen LogP contribution in [0.1, 0.15) is 22.2 Å². The lowest BCUT2D eigenvalue weighted by Gasteiger charge is -2.15. The predicted molar refractivity (Wildman–Crippen MR) is 120 cm³/mol. The average molecular weight is 456 g/mol. The number of halogens is 1. The quantitative estimate of drug-likeness (QED) is 0.325. The van der Waals surface area contributed by atoms with E-state index >= 15 is 0 Å². The molecule has 0 radical (unpaired) electrons. The van der Waals surface area contributed by atoms with E-state index in [1.807, 2.05) is 36.2 Å². The molecule has 1 N–H and O–H groups in total. The molecule has 0 aliphatic carbocycles. The van der Waals surface area contributed by atoms with Gasteiger partial charge >= 0.3 is 5.97 Å². The number of pyridine rings is 1. The van der Waals surface area contributed by atoms with Gasteiger partial charge < -0.3 is 15.0 Å². The number of carbonyl (C=O) groups is 1. The highest BCUT2D eigenvalue weighted by Crippen LogP contribution is 2.33. The summed E-state index contributed by atoms with van der Waals surface area (Å²) in [6.07, 6.45) is 4.62. The van der Waals surface area contributed by atoms with Crippen LogP contribution in [0, 0.1) is 0 Å². The monoisotopic (exact) mass is 455 g/mol. The fourth-order valence-electron chi connectivity index (χ4n) is 2.81. The van der Waals surface area contributed by atoms with Gasteiger partial charge in [-0.05, 0) is 36.7 Å². The third kappa shape index (κ3) is 4.86. The fourth-order valence-corrected chi connectivity index (χ4v) is 4.08. The van der Waals surface area contributed by atoms with Crippen molar-refractivity contribution in [2.24, 2.45) is 0 Å². The first kappa shape index (κ1) is 20.9. The molecule has 0 bridgehead atoms. The van der Waals surface area contributed by atoms with Gasteiger partial charge in [-0.1, -0.05) is 6.07 Å². The second-order valence-electron chi connectivity index (χ2n) is 6.46. The number of hydrogen-bond acceptors (Lipinski definition) is 10. The minimum absolute atomic E-state index is 0.154. The summed E-state index contributed by atoms with van der Waals surface area (Å²) in [7, 11) is 1.87. The van der Waals surface area contributed by atoms with Crippen molar-refractivity contribution in [3.63, 3.8) is 0 Å². The molecule has 9 nitrogen and oxygen atoms in total. The van der Waals surface area contributed by atoms with Gasteiger partial charge in [-0.3, -0.25) is 0 Å². The van der Waals surface area contributed by atoms with Crippen LogP contribution in [-0.4, -0.2) is 44.5 Å². The molecule has 0 unspecified atom stereocenters. The number of fused-ring (bicyclic) bond motifs is 1. The third-order valence-electron chi connectivity index (χ3n) is 4.19. The molecule has 0 amide bonds. The van der Waals surface area contributed by atoms with Gasteiger partial charge in [-0.2, -0.15) is 4.98 Å². The van der Waals surface area contributed by atoms with E-state index in [2.05, 4.69) is 30.2 Å². The molecule has 31 heavy (non-hydrogen) atoms. The van der Waals surface area contributed by atoms with Crippen LogP contribution in [0.4, 0.5) is 17.6 Å². The van der Waals surface area contributed by atoms with Crippen molar-refractivity contribution in [2.75, 3.05) is 23.9 Å². The van der Waals surface area contributed by atoms with Crippen LogP contribution >= 0.6 is 22.9 Å². The lowest BCUT2D eigenvalue weighted by atomic mass is 10.3. The maximum absolute atomic E-state index is 11.8. The van der Waals surface area contributed by atoms with E-state index in [1.54, 1.807) is 24.5 Å². The molecule has 0 aromatic carbocycles. The van der Waals surface area contributed by atoms with Crippen LogP contribution in [0.3, 0.4) is 0 Å². The Morgan fingerprint density at radius 3 is 2.74 bits per heavy atom. The van der Waals surface area contributed by atoms with Gasteiger partial charge in [0.2, 0.25) is 11.2 Å². The van der Waals surface area contributed by atoms with Crippen LogP contribution in [0.2, 0.25) is 5.28 Å². The van der Waals surface area contributed by atoms with Gasteiger partial charge in [0.1, 0.15) is 5.82 Å². The summed E-state index contributed by atoms with van der Waals surface area (Å²) >= 11 is 7.66. The average Bonchev–Trinajstić information content (AvgIpc) is 3.17. The number of rotatable bonds is 7. The van der Waals surface area contributed by atoms with Gasteiger partial charge in [0.05, 0.1) is 28.9 Å². The van der Waals surface area contributed by atoms with E-state index in [9.17, 15) is 4.79 Å². The summed E-state index contributed by atoms with van der Waals surface area (Å²) in [4.78, 5) is 36.1. The number of aromatic nitrogens is 5. The first-order valence-electron chi connectivity index (χ1n) is 9.38. The van der Waals surface area contributed by atoms with Crippen LogP contribution in [0.15, 0.2) is 42.9 Å². The molecule has 11 heteroatoms. The molecule has 0 atom stereocenters. The van der Waals surface area contributed by atoms with E-state index in [1.165, 1.54) is 12.4 Å². The van der Waals surface area contributed by atoms with Crippen LogP contribution in [0.5, 0.6) is 0 Å². The number of nitrogens with zero attached hydrogens (tertiary/aromatic N) is 6. The molecule has 158 valence electrons. The smallest absolute Gasteiger partial charge is 0.341 e. The molecule has 4 aromatic heterocycles. The number of ether oxygens (including phenoxy) is 1. The summed E-state index contributed by atoms with van der Waals surface area (Å²) < 4.78 is 5.83. The van der Waals surface area contributed by atoms with Crippen molar-refractivity contribution < 1.29 is 9.53 Å². The lowest BCUT2D eigenvalue weighted by molar-refractivity contribution is 0.0525. The Labute approximate surface area is 187 Å². The molecular weight excluding hydrogens is 438 g/mol. The van der Waals surface area contributed by atoms with E-state index in [0.29, 0.717) is 36.3 Å². The van der Waals surface area contributed by atoms with Gasteiger partial charge in [-0.25, -0.2) is 24.7 Å². The minimum atomic E-state index is -0.440. The van der Waals surface area contributed by atoms with E-state index < -0.39 is 5.97 Å². The van der Waals surface area contributed by atoms with Gasteiger partial charge in [0, 0.05) is 30.5 Å². The van der Waals surface area contributed by atoms with Crippen molar-refractivity contribution >= 4 is 56.7 Å². The normalized spacial score (nSPS) is 10.8. The molecule has 0 saturated carbocycles.